The topological polar surface area (TPSA) is 76.9 Å². The smallest absolute Gasteiger partial charge is 0.237 e. The first-order chi connectivity index (χ1) is 13.1. The van der Waals surface area contributed by atoms with Crippen LogP contribution in [0.5, 0.6) is 0 Å². The number of nitrogens with zero attached hydrogens (tertiary/aromatic N) is 3. The fraction of sp³-hybridized carbons (Fsp3) is 0.333. The third-order valence-corrected chi connectivity index (χ3v) is 6.32. The third kappa shape index (κ3) is 4.31. The van der Waals surface area contributed by atoms with Crippen LogP contribution >= 0.6 is 0 Å². The summed E-state index contributed by atoms with van der Waals surface area (Å²) >= 11 is 0. The van der Waals surface area contributed by atoms with Gasteiger partial charge in [-0.15, -0.1) is 0 Å². The van der Waals surface area contributed by atoms with Crippen molar-refractivity contribution in [3.63, 3.8) is 0 Å². The van der Waals surface area contributed by atoms with Crippen LogP contribution in [0.4, 0.5) is 0 Å². The van der Waals surface area contributed by atoms with Crippen LogP contribution in [0.15, 0.2) is 53.8 Å². The van der Waals surface area contributed by atoms with Gasteiger partial charge in [0.1, 0.15) is 0 Å². The summed E-state index contributed by atoms with van der Waals surface area (Å²) in [5.41, 5.74) is 3.38. The normalized spacial score (nSPS) is 12.3. The molecule has 0 fully saturated rings. The number of rotatable bonds is 5. The summed E-state index contributed by atoms with van der Waals surface area (Å²) in [6.45, 7) is 10.2. The fourth-order valence-electron chi connectivity index (χ4n) is 3.12. The van der Waals surface area contributed by atoms with Gasteiger partial charge in [-0.25, -0.2) is 22.8 Å². The SMILES string of the molecule is Cc1cc(C(C)(C)C)cc(C)c1S(=O)(=O)NCc1ccc(-n2cccn2)nc1. The van der Waals surface area contributed by atoms with E-state index in [1.54, 1.807) is 23.3 Å². The van der Waals surface area contributed by atoms with Gasteiger partial charge in [0.15, 0.2) is 5.82 Å². The quantitative estimate of drug-likeness (QED) is 0.711. The molecular formula is C21H26N4O2S. The number of benzene rings is 1. The number of aromatic nitrogens is 3. The predicted octanol–water partition coefficient (Wildman–Crippen LogP) is 3.66. The van der Waals surface area contributed by atoms with Crippen LogP contribution in [0.1, 0.15) is 43.0 Å². The van der Waals surface area contributed by atoms with Crippen molar-refractivity contribution in [2.45, 2.75) is 51.5 Å². The summed E-state index contributed by atoms with van der Waals surface area (Å²) in [4.78, 5) is 4.68. The Morgan fingerprint density at radius 2 is 1.79 bits per heavy atom. The molecule has 0 bridgehead atoms. The zero-order chi connectivity index (χ0) is 20.5. The second-order valence-corrected chi connectivity index (χ2v) is 9.69. The molecule has 28 heavy (non-hydrogen) atoms. The van der Waals surface area contributed by atoms with Gasteiger partial charge in [0.2, 0.25) is 10.0 Å². The fourth-order valence-corrected chi connectivity index (χ4v) is 4.59. The van der Waals surface area contributed by atoms with Gasteiger partial charge < -0.3 is 0 Å². The monoisotopic (exact) mass is 398 g/mol. The average molecular weight is 399 g/mol. The molecule has 3 aromatic rings. The maximum absolute atomic E-state index is 12.9. The van der Waals surface area contributed by atoms with E-state index in [-0.39, 0.29) is 12.0 Å². The first-order valence-corrected chi connectivity index (χ1v) is 10.6. The Labute approximate surface area is 166 Å². The minimum atomic E-state index is -3.63. The predicted molar refractivity (Wildman–Crippen MR) is 110 cm³/mol. The minimum absolute atomic E-state index is 0.0345. The molecule has 0 saturated carbocycles. The van der Waals surface area contributed by atoms with Gasteiger partial charge in [-0.3, -0.25) is 0 Å². The molecule has 0 radical (unpaired) electrons. The van der Waals surface area contributed by atoms with Crippen LogP contribution < -0.4 is 4.72 Å². The molecule has 7 heteroatoms. The van der Waals surface area contributed by atoms with Crippen molar-refractivity contribution in [2.75, 3.05) is 0 Å². The third-order valence-electron chi connectivity index (χ3n) is 4.61. The van der Waals surface area contributed by atoms with Crippen LogP contribution in [-0.4, -0.2) is 23.2 Å². The highest BCUT2D eigenvalue weighted by Crippen LogP contribution is 2.29. The molecule has 148 valence electrons. The lowest BCUT2D eigenvalue weighted by Crippen LogP contribution is -2.25. The number of nitrogens with one attached hydrogen (secondary N) is 1. The molecule has 0 amide bonds. The Hall–Kier alpha value is -2.51. The van der Waals surface area contributed by atoms with Gasteiger partial charge in [-0.1, -0.05) is 39.0 Å². The van der Waals surface area contributed by atoms with Gasteiger partial charge in [0, 0.05) is 25.1 Å². The number of aryl methyl sites for hydroxylation is 2. The lowest BCUT2D eigenvalue weighted by atomic mass is 9.85. The van der Waals surface area contributed by atoms with E-state index in [1.807, 2.05) is 44.2 Å². The number of hydrogen-bond donors (Lipinski definition) is 1. The van der Waals surface area contributed by atoms with Crippen molar-refractivity contribution in [1.82, 2.24) is 19.5 Å². The van der Waals surface area contributed by atoms with Gasteiger partial charge in [-0.05, 0) is 53.6 Å². The molecule has 0 atom stereocenters. The maximum Gasteiger partial charge on any atom is 0.241 e. The first-order valence-electron chi connectivity index (χ1n) is 9.14. The molecule has 2 aromatic heterocycles. The molecular weight excluding hydrogens is 372 g/mol. The molecule has 3 rings (SSSR count). The zero-order valence-electron chi connectivity index (χ0n) is 16.9. The molecule has 0 aliphatic heterocycles. The summed E-state index contributed by atoms with van der Waals surface area (Å²) < 4.78 is 30.2. The number of hydrogen-bond acceptors (Lipinski definition) is 4. The second-order valence-electron chi connectivity index (χ2n) is 7.99. The molecule has 0 aliphatic rings. The van der Waals surface area contributed by atoms with Crippen LogP contribution in [0.25, 0.3) is 5.82 Å². The van der Waals surface area contributed by atoms with Crippen LogP contribution in [0, 0.1) is 13.8 Å². The summed E-state index contributed by atoms with van der Waals surface area (Å²) in [6, 6.07) is 9.39. The lowest BCUT2D eigenvalue weighted by molar-refractivity contribution is 0.575. The highest BCUT2D eigenvalue weighted by Gasteiger charge is 2.23. The van der Waals surface area contributed by atoms with Gasteiger partial charge >= 0.3 is 0 Å². The van der Waals surface area contributed by atoms with Crippen molar-refractivity contribution in [3.05, 3.63) is 71.2 Å². The van der Waals surface area contributed by atoms with E-state index in [9.17, 15) is 8.42 Å². The summed E-state index contributed by atoms with van der Waals surface area (Å²) in [6.07, 6.45) is 5.14. The largest absolute Gasteiger partial charge is 0.241 e. The summed E-state index contributed by atoms with van der Waals surface area (Å²) in [5, 5.41) is 4.13. The lowest BCUT2D eigenvalue weighted by Gasteiger charge is -2.22. The first kappa shape index (κ1) is 20.2. The van der Waals surface area contributed by atoms with Crippen molar-refractivity contribution < 1.29 is 8.42 Å². The molecule has 0 saturated heterocycles. The summed E-state index contributed by atoms with van der Waals surface area (Å²) in [7, 11) is -3.63. The van der Waals surface area contributed by atoms with E-state index in [1.165, 1.54) is 0 Å². The van der Waals surface area contributed by atoms with E-state index in [0.717, 1.165) is 22.3 Å². The standard InChI is InChI=1S/C21H26N4O2S/c1-15-11-18(21(3,4)5)12-16(2)20(15)28(26,27)24-14-17-7-8-19(22-13-17)25-10-6-9-23-25/h6-13,24H,14H2,1-5H3. The van der Waals surface area contributed by atoms with E-state index in [4.69, 9.17) is 0 Å². The molecule has 0 unspecified atom stereocenters. The van der Waals surface area contributed by atoms with Crippen molar-refractivity contribution in [3.8, 4) is 5.82 Å². The maximum atomic E-state index is 12.9. The number of pyridine rings is 1. The van der Waals surface area contributed by atoms with Gasteiger partial charge in [0.05, 0.1) is 4.90 Å². The van der Waals surface area contributed by atoms with Gasteiger partial charge in [-0.2, -0.15) is 5.10 Å². The molecule has 6 nitrogen and oxygen atoms in total. The molecule has 0 aliphatic carbocycles. The van der Waals surface area contributed by atoms with E-state index in [0.29, 0.717) is 10.7 Å². The molecule has 1 aromatic carbocycles. The summed E-state index contributed by atoms with van der Waals surface area (Å²) in [5.74, 6) is 0.682. The Morgan fingerprint density at radius 1 is 1.11 bits per heavy atom. The Bertz CT molecular complexity index is 1040. The van der Waals surface area contributed by atoms with Crippen LogP contribution in [-0.2, 0) is 22.0 Å². The van der Waals surface area contributed by atoms with Crippen molar-refractivity contribution in [2.24, 2.45) is 0 Å². The van der Waals surface area contributed by atoms with E-state index in [2.05, 4.69) is 35.6 Å². The molecule has 2 heterocycles. The van der Waals surface area contributed by atoms with E-state index >= 15 is 0 Å². The highest BCUT2D eigenvalue weighted by atomic mass is 32.2. The minimum Gasteiger partial charge on any atom is -0.237 e. The molecule has 0 spiro atoms. The van der Waals surface area contributed by atoms with Crippen molar-refractivity contribution >= 4 is 10.0 Å². The second kappa shape index (κ2) is 7.48. The molecule has 1 N–H and O–H groups in total. The number of sulfonamides is 1. The Morgan fingerprint density at radius 3 is 2.29 bits per heavy atom. The Balaban J connectivity index is 1.79. The zero-order valence-corrected chi connectivity index (χ0v) is 17.7. The average Bonchev–Trinajstić information content (AvgIpc) is 3.13. The van der Waals surface area contributed by atoms with Crippen molar-refractivity contribution in [1.29, 1.82) is 0 Å². The highest BCUT2D eigenvalue weighted by molar-refractivity contribution is 7.89. The Kier molecular flexibility index (Phi) is 5.41. The van der Waals surface area contributed by atoms with E-state index < -0.39 is 10.0 Å². The van der Waals surface area contributed by atoms with Crippen LogP contribution in [0.2, 0.25) is 0 Å². The van der Waals surface area contributed by atoms with Gasteiger partial charge in [0.25, 0.3) is 0 Å². The van der Waals surface area contributed by atoms with Crippen LogP contribution in [0.3, 0.4) is 0 Å².